The maximum atomic E-state index is 13.0. The highest BCUT2D eigenvalue weighted by atomic mass is 32.1. The van der Waals surface area contributed by atoms with Gasteiger partial charge in [-0.2, -0.15) is 23.1 Å². The zero-order valence-corrected chi connectivity index (χ0v) is 17.0. The lowest BCUT2D eigenvalue weighted by Gasteiger charge is -2.23. The summed E-state index contributed by atoms with van der Waals surface area (Å²) in [5.74, 6) is 0.255. The Morgan fingerprint density at radius 3 is 2.83 bits per heavy atom. The predicted molar refractivity (Wildman–Crippen MR) is 104 cm³/mol. The minimum absolute atomic E-state index is 0.0828. The number of aromatic nitrogens is 4. The van der Waals surface area contributed by atoms with Crippen molar-refractivity contribution in [2.24, 2.45) is 0 Å². The van der Waals surface area contributed by atoms with E-state index in [-0.39, 0.29) is 18.5 Å². The average molecular weight is 442 g/mol. The van der Waals surface area contributed by atoms with Crippen LogP contribution < -0.4 is 4.74 Å². The number of nitrogens with zero attached hydrogens (tertiary/aromatic N) is 4. The van der Waals surface area contributed by atoms with Crippen LogP contribution in [-0.4, -0.2) is 49.0 Å². The molecule has 0 aliphatic carbocycles. The van der Waals surface area contributed by atoms with E-state index >= 15 is 0 Å². The second-order valence-electron chi connectivity index (χ2n) is 7.25. The molecule has 2 atom stereocenters. The smallest absolute Gasteiger partial charge is 0.434 e. The molecule has 7 nitrogen and oxygen atoms in total. The molecule has 2 unspecified atom stereocenters. The molecule has 0 saturated heterocycles. The summed E-state index contributed by atoms with van der Waals surface area (Å²) >= 11 is 1.51. The third-order valence-corrected chi connectivity index (χ3v) is 6.27. The monoisotopic (exact) mass is 442 g/mol. The third kappa shape index (κ3) is 4.14. The van der Waals surface area contributed by atoms with Crippen LogP contribution in [0.5, 0.6) is 6.01 Å². The lowest BCUT2D eigenvalue weighted by Crippen LogP contribution is -2.23. The highest BCUT2D eigenvalue weighted by Gasteiger charge is 2.36. The normalized spacial score (nSPS) is 17.9. The number of imidazole rings is 1. The van der Waals surface area contributed by atoms with Gasteiger partial charge in [0.1, 0.15) is 23.4 Å². The van der Waals surface area contributed by atoms with Gasteiger partial charge in [-0.15, -0.1) is 11.3 Å². The first-order valence-electron chi connectivity index (χ1n) is 9.63. The number of ether oxygens (including phenoxy) is 1. The minimum atomic E-state index is -4.47. The van der Waals surface area contributed by atoms with Crippen LogP contribution in [0.2, 0.25) is 0 Å². The molecule has 1 aliphatic rings. The van der Waals surface area contributed by atoms with Crippen molar-refractivity contribution in [3.05, 3.63) is 34.4 Å². The molecule has 4 heterocycles. The molecule has 0 radical (unpaired) electrons. The molecule has 0 amide bonds. The third-order valence-electron chi connectivity index (χ3n) is 5.10. The van der Waals surface area contributed by atoms with E-state index in [0.717, 1.165) is 27.7 Å². The van der Waals surface area contributed by atoms with Crippen LogP contribution in [-0.2, 0) is 25.6 Å². The summed E-state index contributed by atoms with van der Waals surface area (Å²) in [4.78, 5) is 14.6. The Balaban J connectivity index is 1.68. The van der Waals surface area contributed by atoms with Crippen LogP contribution in [0.25, 0.3) is 10.2 Å². The van der Waals surface area contributed by atoms with Gasteiger partial charge in [-0.05, 0) is 18.9 Å². The summed E-state index contributed by atoms with van der Waals surface area (Å²) in [6, 6.07) is 2.10. The van der Waals surface area contributed by atoms with Gasteiger partial charge in [0.2, 0.25) is 0 Å². The Kier molecular flexibility index (Phi) is 5.69. The summed E-state index contributed by atoms with van der Waals surface area (Å²) in [5, 5.41) is 19.4. The number of rotatable bonds is 6. The molecule has 0 fully saturated rings. The van der Waals surface area contributed by atoms with Crippen molar-refractivity contribution in [1.29, 1.82) is 0 Å². The quantitative estimate of drug-likeness (QED) is 0.610. The molecule has 4 rings (SSSR count). The fourth-order valence-electron chi connectivity index (χ4n) is 3.54. The van der Waals surface area contributed by atoms with Crippen molar-refractivity contribution in [1.82, 2.24) is 19.5 Å². The zero-order valence-electron chi connectivity index (χ0n) is 16.2. The highest BCUT2D eigenvalue weighted by Crippen LogP contribution is 2.37. The summed E-state index contributed by atoms with van der Waals surface area (Å²) in [6.07, 6.45) is -2.69. The van der Waals surface area contributed by atoms with E-state index in [2.05, 4.69) is 15.0 Å². The molecule has 30 heavy (non-hydrogen) atoms. The number of thiophene rings is 1. The van der Waals surface area contributed by atoms with Crippen molar-refractivity contribution in [2.45, 2.75) is 50.9 Å². The van der Waals surface area contributed by atoms with Gasteiger partial charge >= 0.3 is 12.2 Å². The lowest BCUT2D eigenvalue weighted by atomic mass is 9.92. The number of hydrogen-bond donors (Lipinski definition) is 2. The van der Waals surface area contributed by atoms with E-state index in [1.54, 1.807) is 4.57 Å². The molecule has 162 valence electrons. The van der Waals surface area contributed by atoms with Gasteiger partial charge in [-0.3, -0.25) is 0 Å². The number of aliphatic hydroxyl groups is 2. The van der Waals surface area contributed by atoms with Crippen molar-refractivity contribution >= 4 is 21.6 Å². The molecule has 0 spiro atoms. The Hall–Kier alpha value is -2.24. The van der Waals surface area contributed by atoms with Gasteiger partial charge in [0, 0.05) is 35.3 Å². The Morgan fingerprint density at radius 2 is 2.13 bits per heavy atom. The molecule has 1 aliphatic heterocycles. The van der Waals surface area contributed by atoms with Gasteiger partial charge in [0.25, 0.3) is 0 Å². The van der Waals surface area contributed by atoms with Gasteiger partial charge in [0.15, 0.2) is 5.69 Å². The van der Waals surface area contributed by atoms with Gasteiger partial charge in [-0.25, -0.2) is 4.98 Å². The van der Waals surface area contributed by atoms with Crippen LogP contribution in [0.15, 0.2) is 12.3 Å². The van der Waals surface area contributed by atoms with Crippen molar-refractivity contribution < 1.29 is 28.1 Å². The number of hydrogen-bond acceptors (Lipinski definition) is 7. The molecule has 3 aromatic rings. The van der Waals surface area contributed by atoms with E-state index in [0.29, 0.717) is 30.9 Å². The maximum Gasteiger partial charge on any atom is 0.434 e. The second-order valence-corrected chi connectivity index (χ2v) is 8.36. The molecule has 0 bridgehead atoms. The Bertz CT molecular complexity index is 1050. The predicted octanol–water partition coefficient (Wildman–Crippen LogP) is 2.93. The zero-order chi connectivity index (χ0) is 21.5. The number of alkyl halides is 3. The molecular weight excluding hydrogens is 421 g/mol. The van der Waals surface area contributed by atoms with E-state index < -0.39 is 24.6 Å². The van der Waals surface area contributed by atoms with Crippen molar-refractivity contribution in [3.63, 3.8) is 0 Å². The topological polar surface area (TPSA) is 93.3 Å². The van der Waals surface area contributed by atoms with Crippen molar-refractivity contribution in [2.75, 3.05) is 13.2 Å². The van der Waals surface area contributed by atoms with E-state index in [4.69, 9.17) is 9.84 Å². The van der Waals surface area contributed by atoms with Gasteiger partial charge in [0.05, 0.1) is 12.3 Å². The minimum Gasteiger partial charge on any atom is -0.461 e. The Labute approximate surface area is 174 Å². The van der Waals surface area contributed by atoms with Gasteiger partial charge < -0.3 is 19.5 Å². The fourth-order valence-corrected chi connectivity index (χ4v) is 4.51. The van der Waals surface area contributed by atoms with Crippen LogP contribution in [0.1, 0.15) is 41.4 Å². The molecule has 2 N–H and O–H groups in total. The molecule has 11 heteroatoms. The summed E-state index contributed by atoms with van der Waals surface area (Å²) < 4.78 is 46.1. The average Bonchev–Trinajstić information content (AvgIpc) is 3.34. The fraction of sp³-hybridized carbons (Fsp3) is 0.526. The van der Waals surface area contributed by atoms with Crippen LogP contribution in [0, 0.1) is 0 Å². The van der Waals surface area contributed by atoms with E-state index in [9.17, 15) is 18.3 Å². The van der Waals surface area contributed by atoms with Crippen LogP contribution in [0.3, 0.4) is 0 Å². The standard InChI is InChI=1S/C19H21F3N4O3S/c1-2-12-6-13-16(24-18(25-17(13)30-12)29-9-11(28)8-27)10-3-4-26-7-14(19(20,21)22)23-15(26)5-10/h6-7,10-11,27-28H,2-5,8-9H2,1H3. The van der Waals surface area contributed by atoms with Crippen molar-refractivity contribution in [3.8, 4) is 6.01 Å². The first-order chi connectivity index (χ1) is 14.3. The number of aryl methyl sites for hydroxylation is 2. The summed E-state index contributed by atoms with van der Waals surface area (Å²) in [5.41, 5.74) is -0.163. The van der Waals surface area contributed by atoms with Gasteiger partial charge in [-0.1, -0.05) is 6.92 Å². The SMILES string of the molecule is CCc1cc2c(C3CCn4cc(C(F)(F)F)nc4C3)nc(OCC(O)CO)nc2s1. The van der Waals surface area contributed by atoms with E-state index in [1.165, 1.54) is 11.3 Å². The maximum absolute atomic E-state index is 13.0. The van der Waals surface area contributed by atoms with E-state index in [1.807, 2.05) is 13.0 Å². The molecular formula is C19H21F3N4O3S. The summed E-state index contributed by atoms with van der Waals surface area (Å²) in [6.45, 7) is 1.85. The molecule has 0 aromatic carbocycles. The highest BCUT2D eigenvalue weighted by molar-refractivity contribution is 7.18. The molecule has 3 aromatic heterocycles. The first kappa shape index (κ1) is 21.0. The van der Waals surface area contributed by atoms with Crippen LogP contribution in [0.4, 0.5) is 13.2 Å². The van der Waals surface area contributed by atoms with Crippen LogP contribution >= 0.6 is 11.3 Å². The number of fused-ring (bicyclic) bond motifs is 2. The first-order valence-corrected chi connectivity index (χ1v) is 10.5. The second kappa shape index (κ2) is 8.12. The lowest BCUT2D eigenvalue weighted by molar-refractivity contribution is -0.141. The largest absolute Gasteiger partial charge is 0.461 e. The number of halogens is 3. The summed E-state index contributed by atoms with van der Waals surface area (Å²) in [7, 11) is 0. The number of aliphatic hydroxyl groups excluding tert-OH is 2. The Morgan fingerprint density at radius 1 is 1.33 bits per heavy atom. The molecule has 0 saturated carbocycles.